The highest BCUT2D eigenvalue weighted by Crippen LogP contribution is 2.45. The van der Waals surface area contributed by atoms with Gasteiger partial charge in [-0.25, -0.2) is 9.97 Å². The Kier molecular flexibility index (Phi) is 8.74. The lowest BCUT2D eigenvalue weighted by Gasteiger charge is -2.13. The van der Waals surface area contributed by atoms with E-state index >= 15 is 0 Å². The van der Waals surface area contributed by atoms with Gasteiger partial charge in [-0.15, -0.1) is 0 Å². The maximum absolute atomic E-state index is 6.45. The van der Waals surface area contributed by atoms with Crippen LogP contribution in [0.5, 0.6) is 17.2 Å². The summed E-state index contributed by atoms with van der Waals surface area (Å²) in [5.74, 6) is 1.80. The van der Waals surface area contributed by atoms with Crippen molar-refractivity contribution in [1.29, 1.82) is 0 Å². The zero-order chi connectivity index (χ0) is 27.9. The monoisotopic (exact) mass is 542 g/mol. The third-order valence-corrected chi connectivity index (χ3v) is 6.27. The van der Waals surface area contributed by atoms with Gasteiger partial charge in [0.05, 0.1) is 36.9 Å². The van der Waals surface area contributed by atoms with Crippen LogP contribution in [0.4, 0.5) is 0 Å². The maximum atomic E-state index is 6.45. The number of fused-ring (bicyclic) bond motifs is 8. The van der Waals surface area contributed by atoms with Gasteiger partial charge >= 0.3 is 0 Å². The number of hydrogen-bond acceptors (Lipinski definition) is 6. The second kappa shape index (κ2) is 12.8. The van der Waals surface area contributed by atoms with E-state index in [1.807, 2.05) is 54.6 Å². The average Bonchev–Trinajstić information content (AvgIpc) is 3.75. The van der Waals surface area contributed by atoms with Crippen molar-refractivity contribution < 1.29 is 19.0 Å². The lowest BCUT2D eigenvalue weighted by Crippen LogP contribution is -2.13. The first-order chi connectivity index (χ1) is 19.6. The Balaban J connectivity index is 1.96. The summed E-state index contributed by atoms with van der Waals surface area (Å²) >= 11 is 0. The molecule has 0 spiro atoms. The van der Waals surface area contributed by atoms with Crippen molar-refractivity contribution >= 4 is 46.4 Å². The Hall–Kier alpha value is -4.20. The molecular formula is C32H38N4O4. The Morgan fingerprint density at radius 1 is 0.625 bits per heavy atom. The van der Waals surface area contributed by atoms with E-state index in [2.05, 4.69) is 32.7 Å². The molecule has 8 nitrogen and oxygen atoms in total. The zero-order valence-corrected chi connectivity index (χ0v) is 23.8. The van der Waals surface area contributed by atoms with Gasteiger partial charge in [-0.3, -0.25) is 0 Å². The summed E-state index contributed by atoms with van der Waals surface area (Å²) in [7, 11) is 0. The van der Waals surface area contributed by atoms with Crippen LogP contribution in [-0.2, 0) is 0 Å². The SMILES string of the molecule is CCCOc1c(OCCC)c2c(OCCC)c3nc(cc4ccc(cc5nc(cc1n2OCCC)C=C5)[nH]4)C=C3. The Morgan fingerprint density at radius 2 is 1.18 bits per heavy atom. The number of H-pyrrole nitrogens is 1. The van der Waals surface area contributed by atoms with Crippen LogP contribution in [0, 0.1) is 0 Å². The average molecular weight is 543 g/mol. The molecule has 0 saturated carbocycles. The summed E-state index contributed by atoms with van der Waals surface area (Å²) < 4.78 is 21.1. The predicted octanol–water partition coefficient (Wildman–Crippen LogP) is 7.33. The van der Waals surface area contributed by atoms with E-state index < -0.39 is 0 Å². The molecule has 1 N–H and O–H groups in total. The van der Waals surface area contributed by atoms with Crippen LogP contribution in [-0.4, -0.2) is 46.1 Å². The van der Waals surface area contributed by atoms with Crippen LogP contribution in [0.25, 0.3) is 46.4 Å². The Morgan fingerprint density at radius 3 is 1.82 bits per heavy atom. The number of rotatable bonds is 12. The molecule has 8 heteroatoms. The second-order valence-electron chi connectivity index (χ2n) is 9.75. The van der Waals surface area contributed by atoms with Crippen molar-refractivity contribution in [2.75, 3.05) is 26.4 Å². The molecule has 2 aliphatic heterocycles. The van der Waals surface area contributed by atoms with Crippen molar-refractivity contribution in [3.63, 3.8) is 0 Å². The number of ether oxygens (including phenoxy) is 3. The molecule has 3 aromatic heterocycles. The standard InChI is InChI=1S/C32H38N4O4/c1-5-15-37-30-27-14-13-25(35-27)20-24-10-9-22(33-24)19-23-11-12-26(34-23)21-28-31(38-16-6-2)32(39-17-7-3)29(30)36(28)40-18-8-4/h9-14,19-21,33H,5-8,15-18H2,1-4H3. The van der Waals surface area contributed by atoms with Gasteiger partial charge < -0.3 is 24.0 Å². The maximum Gasteiger partial charge on any atom is 0.194 e. The molecule has 0 unspecified atom stereocenters. The Bertz CT molecular complexity index is 1560. The summed E-state index contributed by atoms with van der Waals surface area (Å²) in [4.78, 5) is 19.7. The molecule has 0 radical (unpaired) electrons. The molecule has 0 aromatic carbocycles. The lowest BCUT2D eigenvalue weighted by molar-refractivity contribution is 0.127. The van der Waals surface area contributed by atoms with Gasteiger partial charge in [-0.05, 0) is 80.3 Å². The van der Waals surface area contributed by atoms with E-state index in [9.17, 15) is 0 Å². The molecule has 5 heterocycles. The van der Waals surface area contributed by atoms with Crippen LogP contribution in [0.1, 0.15) is 76.2 Å². The van der Waals surface area contributed by atoms with Crippen molar-refractivity contribution in [3.05, 3.63) is 53.1 Å². The zero-order valence-electron chi connectivity index (χ0n) is 23.8. The highest BCUT2D eigenvalue weighted by molar-refractivity contribution is 5.89. The van der Waals surface area contributed by atoms with Crippen LogP contribution in [0.2, 0.25) is 0 Å². The van der Waals surface area contributed by atoms with Crippen molar-refractivity contribution in [3.8, 4) is 17.2 Å². The van der Waals surface area contributed by atoms with Gasteiger partial charge in [0, 0.05) is 11.0 Å². The minimum Gasteiger partial charge on any atom is -0.489 e. The third kappa shape index (κ3) is 5.86. The number of nitrogens with zero attached hydrogens (tertiary/aromatic N) is 3. The minimum absolute atomic E-state index is 0.499. The van der Waals surface area contributed by atoms with Crippen molar-refractivity contribution in [2.24, 2.45) is 0 Å². The first kappa shape index (κ1) is 27.4. The minimum atomic E-state index is 0.499. The summed E-state index contributed by atoms with van der Waals surface area (Å²) in [5, 5.41) is 0. The fourth-order valence-corrected chi connectivity index (χ4v) is 4.51. The summed E-state index contributed by atoms with van der Waals surface area (Å²) in [5.41, 5.74) is 6.46. The molecule has 2 aliphatic rings. The fraction of sp³-hybridized carbons (Fsp3) is 0.375. The highest BCUT2D eigenvalue weighted by Gasteiger charge is 2.26. The van der Waals surface area contributed by atoms with Crippen molar-refractivity contribution in [2.45, 2.75) is 53.4 Å². The normalized spacial score (nSPS) is 12.1. The number of aromatic amines is 1. The fourth-order valence-electron chi connectivity index (χ4n) is 4.51. The van der Waals surface area contributed by atoms with E-state index in [0.717, 1.165) is 59.3 Å². The lowest BCUT2D eigenvalue weighted by atomic mass is 10.3. The van der Waals surface area contributed by atoms with Crippen molar-refractivity contribution in [1.82, 2.24) is 19.7 Å². The molecule has 0 amide bonds. The molecule has 0 fully saturated rings. The van der Waals surface area contributed by atoms with Gasteiger partial charge in [0.1, 0.15) is 17.8 Å². The first-order valence-corrected chi connectivity index (χ1v) is 14.3. The topological polar surface area (TPSA) is 83.4 Å². The smallest absolute Gasteiger partial charge is 0.194 e. The van der Waals surface area contributed by atoms with Gasteiger partial charge in [0.15, 0.2) is 22.8 Å². The van der Waals surface area contributed by atoms with E-state index in [1.54, 1.807) is 4.73 Å². The van der Waals surface area contributed by atoms with E-state index in [-0.39, 0.29) is 0 Å². The Labute approximate surface area is 235 Å². The summed E-state index contributed by atoms with van der Waals surface area (Å²) in [6.07, 6.45) is 11.3. The summed E-state index contributed by atoms with van der Waals surface area (Å²) in [6, 6.07) is 10.1. The number of aromatic nitrogens is 4. The molecule has 8 bridgehead atoms. The molecule has 0 aliphatic carbocycles. The van der Waals surface area contributed by atoms with E-state index in [1.165, 1.54) is 0 Å². The number of hydrogen-bond donors (Lipinski definition) is 1. The van der Waals surface area contributed by atoms with Crippen LogP contribution >= 0.6 is 0 Å². The van der Waals surface area contributed by atoms with Gasteiger partial charge in [-0.2, -0.15) is 4.73 Å². The quantitative estimate of drug-likeness (QED) is 0.178. The first-order valence-electron chi connectivity index (χ1n) is 14.3. The molecule has 40 heavy (non-hydrogen) atoms. The molecule has 5 rings (SSSR count). The van der Waals surface area contributed by atoms with Gasteiger partial charge in [0.25, 0.3) is 0 Å². The van der Waals surface area contributed by atoms with Gasteiger partial charge in [0.2, 0.25) is 0 Å². The third-order valence-electron chi connectivity index (χ3n) is 6.27. The van der Waals surface area contributed by atoms with E-state index in [0.29, 0.717) is 54.9 Å². The van der Waals surface area contributed by atoms with Crippen LogP contribution < -0.4 is 19.0 Å². The largest absolute Gasteiger partial charge is 0.489 e. The molecule has 210 valence electrons. The second-order valence-corrected chi connectivity index (χ2v) is 9.75. The number of nitrogens with one attached hydrogen (secondary N) is 1. The molecule has 0 saturated heterocycles. The molecule has 3 aromatic rings. The van der Waals surface area contributed by atoms with E-state index in [4.69, 9.17) is 29.0 Å². The molecular weight excluding hydrogens is 504 g/mol. The molecule has 0 atom stereocenters. The summed E-state index contributed by atoms with van der Waals surface area (Å²) in [6.45, 7) is 10.4. The van der Waals surface area contributed by atoms with Gasteiger partial charge in [-0.1, -0.05) is 27.7 Å². The highest BCUT2D eigenvalue weighted by atomic mass is 16.7. The van der Waals surface area contributed by atoms with Crippen LogP contribution in [0.15, 0.2) is 30.3 Å². The predicted molar refractivity (Wildman–Crippen MR) is 162 cm³/mol. The van der Waals surface area contributed by atoms with Crippen LogP contribution in [0.3, 0.4) is 0 Å².